The molecule has 0 saturated heterocycles. The topological polar surface area (TPSA) is 55.8 Å². The van der Waals surface area contributed by atoms with Crippen LogP contribution in [0.25, 0.3) is 0 Å². The number of methoxy groups -OCH3 is 1. The zero-order chi connectivity index (χ0) is 17.2. The quantitative estimate of drug-likeness (QED) is 0.784. The maximum absolute atomic E-state index is 12.2. The van der Waals surface area contributed by atoms with Gasteiger partial charge in [-0.25, -0.2) is 0 Å². The van der Waals surface area contributed by atoms with Gasteiger partial charge in [-0.15, -0.1) is 0 Å². The number of carbonyl (C=O) groups is 1. The Morgan fingerprint density at radius 2 is 1.73 bits per heavy atom. The number of aliphatic hydroxyl groups is 1. The number of rotatable bonds is 7. The molecule has 1 aromatic carbocycles. The molecule has 0 aromatic heterocycles. The SMILES string of the molecule is CCO.CCOCC(C)C(=O)c1ccc(C(C)(C)OC)cc1. The number of hydrogen-bond acceptors (Lipinski definition) is 4. The van der Waals surface area contributed by atoms with Crippen LogP contribution in [0.4, 0.5) is 0 Å². The lowest BCUT2D eigenvalue weighted by molar-refractivity contribution is 0.0192. The predicted molar refractivity (Wildman–Crippen MR) is 89.2 cm³/mol. The molecule has 0 saturated carbocycles. The van der Waals surface area contributed by atoms with Crippen molar-refractivity contribution in [2.45, 2.75) is 40.2 Å². The molecule has 0 fully saturated rings. The van der Waals surface area contributed by atoms with E-state index in [9.17, 15) is 4.79 Å². The first kappa shape index (κ1) is 20.8. The Balaban J connectivity index is 0.00000135. The summed E-state index contributed by atoms with van der Waals surface area (Å²) in [6, 6.07) is 7.62. The molecule has 0 radical (unpaired) electrons. The van der Waals surface area contributed by atoms with Gasteiger partial charge in [-0.3, -0.25) is 4.79 Å². The van der Waals surface area contributed by atoms with Gasteiger partial charge in [-0.1, -0.05) is 31.2 Å². The monoisotopic (exact) mass is 310 g/mol. The minimum Gasteiger partial charge on any atom is -0.397 e. The van der Waals surface area contributed by atoms with E-state index >= 15 is 0 Å². The molecule has 4 nitrogen and oxygen atoms in total. The van der Waals surface area contributed by atoms with Gasteiger partial charge in [-0.2, -0.15) is 0 Å². The third-order valence-electron chi connectivity index (χ3n) is 3.39. The smallest absolute Gasteiger partial charge is 0.167 e. The maximum Gasteiger partial charge on any atom is 0.167 e. The van der Waals surface area contributed by atoms with Gasteiger partial charge >= 0.3 is 0 Å². The van der Waals surface area contributed by atoms with Crippen LogP contribution in [-0.4, -0.2) is 37.8 Å². The second-order valence-electron chi connectivity index (χ2n) is 5.53. The molecule has 0 amide bonds. The van der Waals surface area contributed by atoms with Crippen molar-refractivity contribution in [1.82, 2.24) is 0 Å². The Morgan fingerprint density at radius 1 is 1.23 bits per heavy atom. The third-order valence-corrected chi connectivity index (χ3v) is 3.39. The van der Waals surface area contributed by atoms with Crippen LogP contribution in [-0.2, 0) is 15.1 Å². The number of Topliss-reactive ketones (excluding diaryl/α,β-unsaturated/α-hetero) is 1. The molecule has 1 rings (SSSR count). The van der Waals surface area contributed by atoms with Crippen molar-refractivity contribution in [3.63, 3.8) is 0 Å². The summed E-state index contributed by atoms with van der Waals surface area (Å²) in [5.74, 6) is 0.0106. The van der Waals surface area contributed by atoms with Gasteiger partial charge in [0.1, 0.15) is 0 Å². The minimum atomic E-state index is -0.335. The Morgan fingerprint density at radius 3 is 2.14 bits per heavy atom. The van der Waals surface area contributed by atoms with Gasteiger partial charge in [0.15, 0.2) is 5.78 Å². The summed E-state index contributed by atoms with van der Waals surface area (Å²) >= 11 is 0. The lowest BCUT2D eigenvalue weighted by atomic mass is 9.94. The number of hydrogen-bond donors (Lipinski definition) is 1. The average Bonchev–Trinajstić information content (AvgIpc) is 2.52. The van der Waals surface area contributed by atoms with Gasteiger partial charge in [0, 0.05) is 31.8 Å². The van der Waals surface area contributed by atoms with E-state index in [0.29, 0.717) is 13.2 Å². The lowest BCUT2D eigenvalue weighted by Crippen LogP contribution is -2.20. The largest absolute Gasteiger partial charge is 0.397 e. The van der Waals surface area contributed by atoms with Gasteiger partial charge in [0.05, 0.1) is 12.2 Å². The zero-order valence-corrected chi connectivity index (χ0v) is 14.7. The fourth-order valence-corrected chi connectivity index (χ4v) is 1.81. The zero-order valence-electron chi connectivity index (χ0n) is 14.7. The summed E-state index contributed by atoms with van der Waals surface area (Å²) in [6.45, 7) is 10.9. The van der Waals surface area contributed by atoms with Gasteiger partial charge in [0.2, 0.25) is 0 Å². The normalized spacial score (nSPS) is 12.3. The van der Waals surface area contributed by atoms with Crippen LogP contribution in [0.1, 0.15) is 50.5 Å². The predicted octanol–water partition coefficient (Wildman–Crippen LogP) is 3.42. The molecular formula is C18H30O4. The second-order valence-corrected chi connectivity index (χ2v) is 5.53. The van der Waals surface area contributed by atoms with Crippen LogP contribution >= 0.6 is 0 Å². The van der Waals surface area contributed by atoms with Gasteiger partial charge in [-0.05, 0) is 33.3 Å². The summed E-state index contributed by atoms with van der Waals surface area (Å²) in [5, 5.41) is 7.57. The molecule has 1 N–H and O–H groups in total. The Bertz CT molecular complexity index is 423. The summed E-state index contributed by atoms with van der Waals surface area (Å²) in [7, 11) is 1.68. The van der Waals surface area contributed by atoms with E-state index in [1.165, 1.54) is 0 Å². The van der Waals surface area contributed by atoms with Crippen molar-refractivity contribution in [3.8, 4) is 0 Å². The van der Waals surface area contributed by atoms with Gasteiger partial charge < -0.3 is 14.6 Å². The molecule has 0 bridgehead atoms. The number of ether oxygens (including phenoxy) is 2. The summed E-state index contributed by atoms with van der Waals surface area (Å²) < 4.78 is 10.7. The molecule has 22 heavy (non-hydrogen) atoms. The molecule has 0 spiro atoms. The van der Waals surface area contributed by atoms with Crippen LogP contribution in [0.5, 0.6) is 0 Å². The van der Waals surface area contributed by atoms with E-state index < -0.39 is 0 Å². The number of ketones is 1. The Labute approximate surface area is 134 Å². The highest BCUT2D eigenvalue weighted by atomic mass is 16.5. The standard InChI is InChI=1S/C16H24O3.C2H6O/c1-6-19-11-12(2)15(17)13-7-9-14(10-8-13)16(3,4)18-5;1-2-3/h7-10,12H,6,11H2,1-5H3;3H,2H2,1H3. The minimum absolute atomic E-state index is 0.110. The molecule has 4 heteroatoms. The van der Waals surface area contributed by atoms with Crippen molar-refractivity contribution in [2.75, 3.05) is 26.9 Å². The summed E-state index contributed by atoms with van der Waals surface area (Å²) in [6.07, 6.45) is 0. The molecule has 1 aromatic rings. The lowest BCUT2D eigenvalue weighted by Gasteiger charge is -2.23. The van der Waals surface area contributed by atoms with E-state index in [4.69, 9.17) is 14.6 Å². The van der Waals surface area contributed by atoms with E-state index in [-0.39, 0.29) is 23.9 Å². The molecule has 126 valence electrons. The van der Waals surface area contributed by atoms with Crippen LogP contribution in [0.15, 0.2) is 24.3 Å². The molecular weight excluding hydrogens is 280 g/mol. The van der Waals surface area contributed by atoms with Crippen LogP contribution in [0.2, 0.25) is 0 Å². The number of aliphatic hydroxyl groups excluding tert-OH is 1. The van der Waals surface area contributed by atoms with E-state index in [0.717, 1.165) is 11.1 Å². The average molecular weight is 310 g/mol. The fourth-order valence-electron chi connectivity index (χ4n) is 1.81. The molecule has 0 heterocycles. The van der Waals surface area contributed by atoms with E-state index in [1.807, 2.05) is 52.0 Å². The van der Waals surface area contributed by atoms with Crippen LogP contribution in [0.3, 0.4) is 0 Å². The summed E-state index contributed by atoms with van der Waals surface area (Å²) in [5.41, 5.74) is 1.45. The first-order valence-corrected chi connectivity index (χ1v) is 7.72. The summed E-state index contributed by atoms with van der Waals surface area (Å²) in [4.78, 5) is 12.2. The highest BCUT2D eigenvalue weighted by Crippen LogP contribution is 2.24. The first-order valence-electron chi connectivity index (χ1n) is 7.72. The first-order chi connectivity index (χ1) is 10.3. The van der Waals surface area contributed by atoms with Crippen molar-refractivity contribution in [3.05, 3.63) is 35.4 Å². The van der Waals surface area contributed by atoms with Crippen molar-refractivity contribution in [1.29, 1.82) is 0 Å². The highest BCUT2D eigenvalue weighted by Gasteiger charge is 2.20. The number of benzene rings is 1. The van der Waals surface area contributed by atoms with E-state index in [2.05, 4.69) is 0 Å². The molecule has 0 aliphatic carbocycles. The van der Waals surface area contributed by atoms with Crippen LogP contribution in [0, 0.1) is 5.92 Å². The number of carbonyl (C=O) groups excluding carboxylic acids is 1. The highest BCUT2D eigenvalue weighted by molar-refractivity contribution is 5.97. The second kappa shape index (κ2) is 10.5. The van der Waals surface area contributed by atoms with Crippen LogP contribution < -0.4 is 0 Å². The Kier molecular flexibility index (Phi) is 9.90. The fraction of sp³-hybridized carbons (Fsp3) is 0.611. The molecule has 1 atom stereocenters. The van der Waals surface area contributed by atoms with Crippen molar-refractivity contribution < 1.29 is 19.4 Å². The van der Waals surface area contributed by atoms with E-state index in [1.54, 1.807) is 14.0 Å². The maximum atomic E-state index is 12.2. The third kappa shape index (κ3) is 6.69. The molecule has 1 unspecified atom stereocenters. The molecule has 0 aliphatic rings. The van der Waals surface area contributed by atoms with Crippen molar-refractivity contribution >= 4 is 5.78 Å². The Hall–Kier alpha value is -1.23. The van der Waals surface area contributed by atoms with Gasteiger partial charge in [0.25, 0.3) is 0 Å². The van der Waals surface area contributed by atoms with Crippen molar-refractivity contribution in [2.24, 2.45) is 5.92 Å². The molecule has 0 aliphatic heterocycles.